The Labute approximate surface area is 209 Å². The summed E-state index contributed by atoms with van der Waals surface area (Å²) in [6.45, 7) is 11.5. The van der Waals surface area contributed by atoms with Gasteiger partial charge in [0.15, 0.2) is 5.82 Å². The minimum atomic E-state index is -0.432. The van der Waals surface area contributed by atoms with Gasteiger partial charge in [0.25, 0.3) is 5.56 Å². The summed E-state index contributed by atoms with van der Waals surface area (Å²) < 4.78 is 15.2. The molecule has 5 rings (SSSR count). The first-order chi connectivity index (χ1) is 17.1. The molecule has 36 heavy (non-hydrogen) atoms. The first-order valence-electron chi connectivity index (χ1n) is 12.2. The normalized spacial score (nSPS) is 15.8. The van der Waals surface area contributed by atoms with Crippen LogP contribution in [0.2, 0.25) is 0 Å². The molecule has 0 spiro atoms. The zero-order chi connectivity index (χ0) is 25.6. The fourth-order valence-corrected chi connectivity index (χ4v) is 4.98. The number of aryl methyl sites for hydroxylation is 2. The lowest BCUT2D eigenvalue weighted by molar-refractivity contribution is 0.219. The Morgan fingerprint density at radius 2 is 1.78 bits per heavy atom. The second-order valence-electron chi connectivity index (χ2n) is 10.5. The standard InChI is InChI=1S/C28H31FN6O/c1-17-6-7-18(2)24-22(17)16-23(27(36)30-24)25(26-31-32-33-35(26)28(3,4)5)34-14-12-20(13-15-34)19-8-10-21(29)11-9-19/h6-12,16,25H,13-15H2,1-5H3,(H,30,36). The average Bonchev–Trinajstić information content (AvgIpc) is 3.34. The predicted octanol–water partition coefficient (Wildman–Crippen LogP) is 4.90. The van der Waals surface area contributed by atoms with E-state index in [0.717, 1.165) is 34.0 Å². The molecule has 0 bridgehead atoms. The fourth-order valence-electron chi connectivity index (χ4n) is 4.98. The molecule has 4 aromatic rings. The number of aromatic amines is 1. The van der Waals surface area contributed by atoms with Crippen molar-refractivity contribution in [1.29, 1.82) is 0 Å². The number of nitrogens with one attached hydrogen (secondary N) is 1. The lowest BCUT2D eigenvalue weighted by Gasteiger charge is -2.34. The molecule has 0 radical (unpaired) electrons. The molecule has 0 amide bonds. The minimum absolute atomic E-state index is 0.141. The minimum Gasteiger partial charge on any atom is -0.321 e. The van der Waals surface area contributed by atoms with Gasteiger partial charge in [-0.15, -0.1) is 5.10 Å². The maximum absolute atomic E-state index is 13.5. The van der Waals surface area contributed by atoms with Crippen LogP contribution in [0.15, 0.2) is 53.3 Å². The molecule has 3 heterocycles. The van der Waals surface area contributed by atoms with Gasteiger partial charge in [0.1, 0.15) is 11.9 Å². The molecule has 1 atom stereocenters. The topological polar surface area (TPSA) is 79.7 Å². The monoisotopic (exact) mass is 486 g/mol. The van der Waals surface area contributed by atoms with Gasteiger partial charge in [-0.25, -0.2) is 9.07 Å². The zero-order valence-corrected chi connectivity index (χ0v) is 21.3. The summed E-state index contributed by atoms with van der Waals surface area (Å²) in [4.78, 5) is 18.9. The Morgan fingerprint density at radius 3 is 2.44 bits per heavy atom. The van der Waals surface area contributed by atoms with Crippen LogP contribution >= 0.6 is 0 Å². The Balaban J connectivity index is 1.63. The van der Waals surface area contributed by atoms with Crippen molar-refractivity contribution in [2.75, 3.05) is 13.1 Å². The largest absolute Gasteiger partial charge is 0.321 e. The van der Waals surface area contributed by atoms with Crippen molar-refractivity contribution in [3.05, 3.63) is 92.8 Å². The van der Waals surface area contributed by atoms with Crippen LogP contribution in [0.25, 0.3) is 16.5 Å². The molecule has 0 fully saturated rings. The number of rotatable bonds is 4. The van der Waals surface area contributed by atoms with E-state index >= 15 is 0 Å². The van der Waals surface area contributed by atoms with Crippen molar-refractivity contribution in [2.45, 2.75) is 52.6 Å². The molecule has 1 aliphatic rings. The maximum Gasteiger partial charge on any atom is 0.253 e. The molecule has 1 aliphatic heterocycles. The van der Waals surface area contributed by atoms with Crippen LogP contribution in [-0.4, -0.2) is 43.2 Å². The number of benzene rings is 2. The van der Waals surface area contributed by atoms with Crippen molar-refractivity contribution in [1.82, 2.24) is 30.1 Å². The van der Waals surface area contributed by atoms with Gasteiger partial charge in [0, 0.05) is 24.0 Å². The number of aromatic nitrogens is 5. The molecule has 1 N–H and O–H groups in total. The van der Waals surface area contributed by atoms with Gasteiger partial charge in [-0.1, -0.05) is 30.3 Å². The van der Waals surface area contributed by atoms with Crippen molar-refractivity contribution in [2.24, 2.45) is 0 Å². The van der Waals surface area contributed by atoms with Crippen molar-refractivity contribution in [3.63, 3.8) is 0 Å². The highest BCUT2D eigenvalue weighted by Gasteiger charge is 2.34. The van der Waals surface area contributed by atoms with Crippen LogP contribution < -0.4 is 5.56 Å². The van der Waals surface area contributed by atoms with Crippen LogP contribution in [-0.2, 0) is 5.54 Å². The van der Waals surface area contributed by atoms with E-state index in [1.807, 2.05) is 56.6 Å². The van der Waals surface area contributed by atoms with Gasteiger partial charge < -0.3 is 4.98 Å². The fraction of sp³-hybridized carbons (Fsp3) is 0.357. The van der Waals surface area contributed by atoms with Gasteiger partial charge in [-0.2, -0.15) is 0 Å². The van der Waals surface area contributed by atoms with Crippen molar-refractivity contribution >= 4 is 16.5 Å². The lowest BCUT2D eigenvalue weighted by atomic mass is 9.95. The summed E-state index contributed by atoms with van der Waals surface area (Å²) in [7, 11) is 0. The lowest BCUT2D eigenvalue weighted by Crippen LogP contribution is -2.39. The summed E-state index contributed by atoms with van der Waals surface area (Å²) in [5, 5.41) is 13.7. The highest BCUT2D eigenvalue weighted by molar-refractivity contribution is 5.85. The first-order valence-corrected chi connectivity index (χ1v) is 12.2. The van der Waals surface area contributed by atoms with Crippen LogP contribution in [0.1, 0.15) is 61.3 Å². The van der Waals surface area contributed by atoms with E-state index in [1.165, 1.54) is 17.7 Å². The van der Waals surface area contributed by atoms with E-state index in [0.29, 0.717) is 24.5 Å². The number of fused-ring (bicyclic) bond motifs is 1. The number of tetrazole rings is 1. The maximum atomic E-state index is 13.5. The molecule has 0 saturated carbocycles. The average molecular weight is 487 g/mol. The smallest absolute Gasteiger partial charge is 0.253 e. The third kappa shape index (κ3) is 4.37. The summed E-state index contributed by atoms with van der Waals surface area (Å²) in [5.74, 6) is 0.392. The second-order valence-corrected chi connectivity index (χ2v) is 10.5. The summed E-state index contributed by atoms with van der Waals surface area (Å²) in [6, 6.07) is 12.3. The molecule has 2 aromatic heterocycles. The summed E-state index contributed by atoms with van der Waals surface area (Å²) in [6.07, 6.45) is 2.92. The highest BCUT2D eigenvalue weighted by atomic mass is 19.1. The number of nitrogens with zero attached hydrogens (tertiary/aromatic N) is 5. The number of halogens is 1. The third-order valence-corrected chi connectivity index (χ3v) is 6.96. The number of H-pyrrole nitrogens is 1. The highest BCUT2D eigenvalue weighted by Crippen LogP contribution is 2.33. The quantitative estimate of drug-likeness (QED) is 0.444. The summed E-state index contributed by atoms with van der Waals surface area (Å²) >= 11 is 0. The van der Waals surface area contributed by atoms with Crippen LogP contribution in [0.4, 0.5) is 4.39 Å². The van der Waals surface area contributed by atoms with Crippen LogP contribution in [0.5, 0.6) is 0 Å². The predicted molar refractivity (Wildman–Crippen MR) is 139 cm³/mol. The van der Waals surface area contributed by atoms with E-state index in [4.69, 9.17) is 0 Å². The van der Waals surface area contributed by atoms with E-state index < -0.39 is 6.04 Å². The molecule has 0 saturated heterocycles. The molecule has 0 aliphatic carbocycles. The van der Waals surface area contributed by atoms with E-state index in [2.05, 4.69) is 44.5 Å². The molecule has 186 valence electrons. The van der Waals surface area contributed by atoms with Crippen LogP contribution in [0, 0.1) is 19.7 Å². The number of hydrogen-bond acceptors (Lipinski definition) is 5. The number of pyridine rings is 1. The second kappa shape index (κ2) is 9.09. The van der Waals surface area contributed by atoms with Crippen LogP contribution in [0.3, 0.4) is 0 Å². The van der Waals surface area contributed by atoms with Gasteiger partial charge in [-0.3, -0.25) is 9.69 Å². The Hall–Kier alpha value is -3.65. The molecule has 1 unspecified atom stereocenters. The molecule has 2 aromatic carbocycles. The number of hydrogen-bond donors (Lipinski definition) is 1. The Bertz CT molecular complexity index is 1510. The van der Waals surface area contributed by atoms with E-state index in [9.17, 15) is 9.18 Å². The van der Waals surface area contributed by atoms with Gasteiger partial charge >= 0.3 is 0 Å². The first kappa shape index (κ1) is 24.1. The molecule has 8 heteroatoms. The molecular formula is C28H31FN6O. The zero-order valence-electron chi connectivity index (χ0n) is 21.3. The Morgan fingerprint density at radius 1 is 1.06 bits per heavy atom. The van der Waals surface area contributed by atoms with Crippen molar-refractivity contribution in [3.8, 4) is 0 Å². The van der Waals surface area contributed by atoms with E-state index in [1.54, 1.807) is 0 Å². The Kier molecular flexibility index (Phi) is 6.08. The molecule has 7 nitrogen and oxygen atoms in total. The summed E-state index contributed by atoms with van der Waals surface area (Å²) in [5.41, 5.74) is 5.28. The van der Waals surface area contributed by atoms with Gasteiger partial charge in [0.05, 0.1) is 11.1 Å². The van der Waals surface area contributed by atoms with Gasteiger partial charge in [-0.05, 0) is 91.9 Å². The molecular weight excluding hydrogens is 455 g/mol. The van der Waals surface area contributed by atoms with Crippen molar-refractivity contribution < 1.29 is 4.39 Å². The third-order valence-electron chi connectivity index (χ3n) is 6.96. The van der Waals surface area contributed by atoms with Gasteiger partial charge in [0.2, 0.25) is 0 Å². The SMILES string of the molecule is Cc1ccc(C)c2[nH]c(=O)c(C(c3nnnn3C(C)(C)C)N3CC=C(c4ccc(F)cc4)CC3)cc12. The van der Waals surface area contributed by atoms with E-state index in [-0.39, 0.29) is 16.9 Å².